The molecule has 0 radical (unpaired) electrons. The number of fused-ring (bicyclic) bond motifs is 9. The Balaban J connectivity index is 0.925. The Labute approximate surface area is 333 Å². The van der Waals surface area contributed by atoms with Crippen LogP contribution >= 0.6 is 0 Å². The lowest BCUT2D eigenvalue weighted by molar-refractivity contribution is 0.669. The minimum atomic E-state index is 0.594. The van der Waals surface area contributed by atoms with Crippen LogP contribution in [0.2, 0.25) is 0 Å². The second kappa shape index (κ2) is 12.8. The summed E-state index contributed by atoms with van der Waals surface area (Å²) in [7, 11) is 0. The first-order chi connectivity index (χ1) is 28.7. The first-order valence-electron chi connectivity index (χ1n) is 19.5. The van der Waals surface area contributed by atoms with Gasteiger partial charge < -0.3 is 8.98 Å². The van der Waals surface area contributed by atoms with Crippen LogP contribution in [0.1, 0.15) is 0 Å². The molecule has 0 amide bonds. The van der Waals surface area contributed by atoms with Crippen LogP contribution < -0.4 is 0 Å². The van der Waals surface area contributed by atoms with Gasteiger partial charge in [-0.1, -0.05) is 146 Å². The van der Waals surface area contributed by atoms with Crippen LogP contribution in [0.3, 0.4) is 0 Å². The molecule has 0 bridgehead atoms. The predicted molar refractivity (Wildman–Crippen MR) is 238 cm³/mol. The molecule has 0 aliphatic heterocycles. The maximum absolute atomic E-state index is 6.22. The SMILES string of the molecule is c1ccc(-c2nc(-c3ccc(-c4ccc(-n5c6cc7ccccc7cc6c6c7ccccc7ccc65)cc4)cc3)nc(-c3ccc4c(c3)oc3ccccc34)n2)cc1. The highest BCUT2D eigenvalue weighted by atomic mass is 16.3. The van der Waals surface area contributed by atoms with Crippen molar-refractivity contribution >= 4 is 65.3 Å². The molecule has 0 fully saturated rings. The third kappa shape index (κ3) is 5.21. The highest BCUT2D eigenvalue weighted by molar-refractivity contribution is 6.23. The molecule has 0 aliphatic rings. The molecule has 0 atom stereocenters. The van der Waals surface area contributed by atoms with Crippen LogP contribution in [0.5, 0.6) is 0 Å². The molecule has 5 nitrogen and oxygen atoms in total. The van der Waals surface area contributed by atoms with Crippen molar-refractivity contribution in [2.75, 3.05) is 0 Å². The van der Waals surface area contributed by atoms with Gasteiger partial charge in [0, 0.05) is 43.9 Å². The van der Waals surface area contributed by atoms with Crippen LogP contribution in [-0.4, -0.2) is 19.5 Å². The van der Waals surface area contributed by atoms with Crippen molar-refractivity contribution in [3.8, 4) is 51.0 Å². The van der Waals surface area contributed by atoms with Crippen LogP contribution in [0.25, 0.3) is 116 Å². The fraction of sp³-hybridized carbons (Fsp3) is 0. The molecule has 3 aromatic heterocycles. The maximum atomic E-state index is 6.22. The highest BCUT2D eigenvalue weighted by Crippen LogP contribution is 2.39. The molecule has 0 saturated heterocycles. The minimum Gasteiger partial charge on any atom is -0.456 e. The monoisotopic (exact) mass is 740 g/mol. The van der Waals surface area contributed by atoms with Crippen molar-refractivity contribution < 1.29 is 4.42 Å². The Morgan fingerprint density at radius 3 is 1.64 bits per heavy atom. The second-order valence-corrected chi connectivity index (χ2v) is 14.8. The molecule has 0 saturated carbocycles. The summed E-state index contributed by atoms with van der Waals surface area (Å²) < 4.78 is 8.63. The van der Waals surface area contributed by atoms with Crippen molar-refractivity contribution in [2.24, 2.45) is 0 Å². The summed E-state index contributed by atoms with van der Waals surface area (Å²) in [5.74, 6) is 1.83. The molecule has 9 aromatic carbocycles. The molecule has 12 aromatic rings. The fourth-order valence-corrected chi connectivity index (χ4v) is 8.58. The van der Waals surface area contributed by atoms with Crippen LogP contribution in [0.4, 0.5) is 0 Å². The first kappa shape index (κ1) is 32.4. The number of benzene rings is 9. The molecule has 0 N–H and O–H groups in total. The Kier molecular flexibility index (Phi) is 7.16. The minimum absolute atomic E-state index is 0.594. The molecule has 5 heteroatoms. The van der Waals surface area contributed by atoms with Gasteiger partial charge in [0.2, 0.25) is 0 Å². The van der Waals surface area contributed by atoms with E-state index in [0.29, 0.717) is 17.5 Å². The molecule has 12 rings (SSSR count). The van der Waals surface area contributed by atoms with Gasteiger partial charge in [0.25, 0.3) is 0 Å². The van der Waals surface area contributed by atoms with E-state index >= 15 is 0 Å². The normalized spacial score (nSPS) is 11.8. The summed E-state index contributed by atoms with van der Waals surface area (Å²) in [4.78, 5) is 15.0. The summed E-state index contributed by atoms with van der Waals surface area (Å²) in [6, 6.07) is 68.2. The molecule has 58 heavy (non-hydrogen) atoms. The van der Waals surface area contributed by atoms with Crippen molar-refractivity contribution in [3.63, 3.8) is 0 Å². The molecule has 0 aliphatic carbocycles. The number of furan rings is 1. The van der Waals surface area contributed by atoms with Crippen molar-refractivity contribution in [3.05, 3.63) is 194 Å². The van der Waals surface area contributed by atoms with Gasteiger partial charge >= 0.3 is 0 Å². The van der Waals surface area contributed by atoms with Crippen molar-refractivity contribution in [2.45, 2.75) is 0 Å². The maximum Gasteiger partial charge on any atom is 0.164 e. The van der Waals surface area contributed by atoms with Crippen LogP contribution in [-0.2, 0) is 0 Å². The largest absolute Gasteiger partial charge is 0.456 e. The Morgan fingerprint density at radius 2 is 0.879 bits per heavy atom. The topological polar surface area (TPSA) is 56.7 Å². The van der Waals surface area contributed by atoms with Gasteiger partial charge in [-0.25, -0.2) is 15.0 Å². The lowest BCUT2D eigenvalue weighted by Gasteiger charge is -2.11. The van der Waals surface area contributed by atoms with Gasteiger partial charge in [0.05, 0.1) is 11.0 Å². The highest BCUT2D eigenvalue weighted by Gasteiger charge is 2.17. The Bertz CT molecular complexity index is 3550. The van der Waals surface area contributed by atoms with E-state index in [1.54, 1.807) is 0 Å². The number of aromatic nitrogens is 4. The number of para-hydroxylation sites is 1. The van der Waals surface area contributed by atoms with E-state index in [4.69, 9.17) is 19.4 Å². The van der Waals surface area contributed by atoms with E-state index in [1.807, 2.05) is 54.6 Å². The first-order valence-corrected chi connectivity index (χ1v) is 19.5. The zero-order valence-corrected chi connectivity index (χ0v) is 31.2. The van der Waals surface area contributed by atoms with E-state index in [9.17, 15) is 0 Å². The molecular weight excluding hydrogens is 709 g/mol. The number of rotatable bonds is 5. The van der Waals surface area contributed by atoms with E-state index in [-0.39, 0.29) is 0 Å². The molecule has 270 valence electrons. The Hall–Kier alpha value is -7.89. The van der Waals surface area contributed by atoms with E-state index in [2.05, 4.69) is 144 Å². The summed E-state index contributed by atoms with van der Waals surface area (Å²) in [5.41, 5.74) is 10.1. The summed E-state index contributed by atoms with van der Waals surface area (Å²) in [6.45, 7) is 0. The Morgan fingerprint density at radius 1 is 0.328 bits per heavy atom. The van der Waals surface area contributed by atoms with Gasteiger partial charge in [-0.15, -0.1) is 0 Å². The van der Waals surface area contributed by atoms with E-state index < -0.39 is 0 Å². The second-order valence-electron chi connectivity index (χ2n) is 14.8. The number of nitrogens with zero attached hydrogens (tertiary/aromatic N) is 4. The average molecular weight is 741 g/mol. The molecule has 3 heterocycles. The summed E-state index contributed by atoms with van der Waals surface area (Å²) in [6.07, 6.45) is 0. The number of hydrogen-bond acceptors (Lipinski definition) is 4. The molecule has 0 unspecified atom stereocenters. The molecular formula is C53H32N4O. The third-order valence-electron chi connectivity index (χ3n) is 11.4. The van der Waals surface area contributed by atoms with E-state index in [0.717, 1.165) is 55.4 Å². The average Bonchev–Trinajstić information content (AvgIpc) is 3.83. The zero-order chi connectivity index (χ0) is 38.2. The standard InChI is InChI=1S/C53H32N4O/c1-2-11-36(12-3-1)51-54-52(56-53(55-51)40-24-28-44-43-16-8-9-17-48(43)58-49(44)32-40)37-20-18-33(19-21-37)34-22-26-41(27-23-34)57-46-29-25-35-10-6-7-15-42(35)50(46)45-30-38-13-4-5-14-39(38)31-47(45)57/h1-32H. The number of hydrogen-bond donors (Lipinski definition) is 0. The van der Waals surface area contributed by atoms with Gasteiger partial charge in [0.1, 0.15) is 11.2 Å². The molecule has 0 spiro atoms. The zero-order valence-electron chi connectivity index (χ0n) is 31.2. The van der Waals surface area contributed by atoms with Gasteiger partial charge in [-0.3, -0.25) is 0 Å². The van der Waals surface area contributed by atoms with Crippen molar-refractivity contribution in [1.29, 1.82) is 0 Å². The van der Waals surface area contributed by atoms with Crippen LogP contribution in [0.15, 0.2) is 199 Å². The van der Waals surface area contributed by atoms with Gasteiger partial charge in [-0.2, -0.15) is 0 Å². The van der Waals surface area contributed by atoms with Gasteiger partial charge in [-0.05, 0) is 81.2 Å². The summed E-state index contributed by atoms with van der Waals surface area (Å²) >= 11 is 0. The predicted octanol–water partition coefficient (Wildman–Crippen LogP) is 13.8. The lowest BCUT2D eigenvalue weighted by Crippen LogP contribution is -2.00. The fourth-order valence-electron chi connectivity index (χ4n) is 8.58. The van der Waals surface area contributed by atoms with Crippen molar-refractivity contribution in [1.82, 2.24) is 19.5 Å². The van der Waals surface area contributed by atoms with Gasteiger partial charge in [0.15, 0.2) is 17.5 Å². The third-order valence-corrected chi connectivity index (χ3v) is 11.4. The smallest absolute Gasteiger partial charge is 0.164 e. The quantitative estimate of drug-likeness (QED) is 0.176. The summed E-state index contributed by atoms with van der Waals surface area (Å²) in [5, 5.41) is 9.69. The van der Waals surface area contributed by atoms with Crippen LogP contribution in [0, 0.1) is 0 Å². The van der Waals surface area contributed by atoms with E-state index in [1.165, 1.54) is 43.4 Å². The lowest BCUT2D eigenvalue weighted by atomic mass is 10.0.